The molecule has 1 aromatic heterocycles. The topological polar surface area (TPSA) is 110 Å². The molecule has 136 valence electrons. The Morgan fingerprint density at radius 3 is 2.80 bits per heavy atom. The van der Waals surface area contributed by atoms with Gasteiger partial charge in [0.05, 0.1) is 5.75 Å². The van der Waals surface area contributed by atoms with Crippen molar-refractivity contribution in [3.05, 3.63) is 11.8 Å². The molecule has 0 unspecified atom stereocenters. The highest BCUT2D eigenvalue weighted by molar-refractivity contribution is 7.99. The van der Waals surface area contributed by atoms with Gasteiger partial charge in [-0.25, -0.2) is 14.8 Å². The predicted octanol–water partition coefficient (Wildman–Crippen LogP) is 2.11. The minimum Gasteiger partial charge on any atom is -0.384 e. The van der Waals surface area contributed by atoms with Gasteiger partial charge in [0, 0.05) is 17.8 Å². The zero-order chi connectivity index (χ0) is 18.0. The monoisotopic (exact) mass is 363 g/mol. The van der Waals surface area contributed by atoms with Gasteiger partial charge in [-0.1, -0.05) is 18.2 Å². The minimum absolute atomic E-state index is 0.0683. The van der Waals surface area contributed by atoms with Crippen molar-refractivity contribution in [1.82, 2.24) is 20.6 Å². The van der Waals surface area contributed by atoms with E-state index < -0.39 is 6.03 Å². The quantitative estimate of drug-likeness (QED) is 0.546. The number of urea groups is 1. The normalized spacial score (nSPS) is 25.6. The fourth-order valence-electron chi connectivity index (χ4n) is 4.18. The highest BCUT2D eigenvalue weighted by Gasteiger charge is 2.42. The summed E-state index contributed by atoms with van der Waals surface area (Å²) in [6.07, 6.45) is 5.11. The number of carbonyl (C=O) groups excluding carboxylic acids is 2. The fourth-order valence-corrected chi connectivity index (χ4v) is 4.89. The molecule has 2 aliphatic rings. The number of aromatic nitrogens is 2. The average molecular weight is 363 g/mol. The number of nitrogens with zero attached hydrogens (tertiary/aromatic N) is 2. The molecule has 0 spiro atoms. The van der Waals surface area contributed by atoms with Crippen molar-refractivity contribution in [3.63, 3.8) is 0 Å². The van der Waals surface area contributed by atoms with Crippen LogP contribution in [0, 0.1) is 24.7 Å². The number of amides is 3. The van der Waals surface area contributed by atoms with Crippen LogP contribution >= 0.6 is 11.8 Å². The number of hydrogen-bond donors (Lipinski definition) is 3. The van der Waals surface area contributed by atoms with Crippen LogP contribution in [0.4, 0.5) is 10.6 Å². The number of nitrogen functional groups attached to an aromatic ring is 1. The first-order chi connectivity index (χ1) is 11.9. The Morgan fingerprint density at radius 1 is 1.36 bits per heavy atom. The maximum Gasteiger partial charge on any atom is 0.321 e. The summed E-state index contributed by atoms with van der Waals surface area (Å²) in [6.45, 7) is 3.85. The smallest absolute Gasteiger partial charge is 0.321 e. The second-order valence-corrected chi connectivity index (χ2v) is 8.10. The summed E-state index contributed by atoms with van der Waals surface area (Å²) in [5, 5.41) is 5.74. The van der Waals surface area contributed by atoms with Crippen molar-refractivity contribution in [2.75, 3.05) is 11.5 Å². The first-order valence-electron chi connectivity index (χ1n) is 8.75. The Labute approximate surface area is 151 Å². The highest BCUT2D eigenvalue weighted by Crippen LogP contribution is 2.49. The Kier molecular flexibility index (Phi) is 5.46. The molecular weight excluding hydrogens is 338 g/mol. The van der Waals surface area contributed by atoms with Gasteiger partial charge in [0.1, 0.15) is 5.82 Å². The number of imide groups is 1. The third kappa shape index (κ3) is 4.62. The fraction of sp³-hybridized carbons (Fsp3) is 0.647. The van der Waals surface area contributed by atoms with Crippen molar-refractivity contribution >= 4 is 29.5 Å². The number of anilines is 1. The lowest BCUT2D eigenvalue weighted by molar-refractivity contribution is -0.117. The van der Waals surface area contributed by atoms with Gasteiger partial charge in [-0.05, 0) is 50.9 Å². The van der Waals surface area contributed by atoms with Crippen LogP contribution in [0.25, 0.3) is 0 Å². The largest absolute Gasteiger partial charge is 0.384 e. The summed E-state index contributed by atoms with van der Waals surface area (Å²) in [5.41, 5.74) is 6.40. The van der Waals surface area contributed by atoms with E-state index in [-0.39, 0.29) is 17.7 Å². The molecule has 0 radical (unpaired) electrons. The number of hydrogen-bond acceptors (Lipinski definition) is 6. The first-order valence-corrected chi connectivity index (χ1v) is 9.73. The highest BCUT2D eigenvalue weighted by atomic mass is 32.2. The van der Waals surface area contributed by atoms with E-state index in [9.17, 15) is 9.59 Å². The molecule has 8 heteroatoms. The molecule has 25 heavy (non-hydrogen) atoms. The van der Waals surface area contributed by atoms with Gasteiger partial charge < -0.3 is 11.1 Å². The van der Waals surface area contributed by atoms with Crippen molar-refractivity contribution in [1.29, 1.82) is 0 Å². The Bertz CT molecular complexity index is 648. The molecule has 1 aromatic rings. The number of nitrogens with one attached hydrogen (secondary N) is 2. The Hall–Kier alpha value is -1.83. The zero-order valence-corrected chi connectivity index (χ0v) is 15.4. The Morgan fingerprint density at radius 2 is 2.16 bits per heavy atom. The van der Waals surface area contributed by atoms with E-state index in [4.69, 9.17) is 5.73 Å². The minimum atomic E-state index is -0.425. The number of thioether (sulfide) groups is 1. The Balaban J connectivity index is 1.42. The molecule has 7 nitrogen and oxygen atoms in total. The molecule has 2 aliphatic carbocycles. The second-order valence-electron chi connectivity index (χ2n) is 7.15. The number of aryl methyl sites for hydroxylation is 1. The number of carbonyl (C=O) groups is 2. The van der Waals surface area contributed by atoms with Crippen LogP contribution < -0.4 is 16.4 Å². The van der Waals surface area contributed by atoms with Gasteiger partial charge in [-0.2, -0.15) is 0 Å². The van der Waals surface area contributed by atoms with E-state index >= 15 is 0 Å². The maximum absolute atomic E-state index is 12.0. The van der Waals surface area contributed by atoms with Crippen molar-refractivity contribution in [2.45, 2.75) is 50.7 Å². The lowest BCUT2D eigenvalue weighted by Gasteiger charge is -2.28. The molecule has 0 aromatic carbocycles. The van der Waals surface area contributed by atoms with E-state index in [1.165, 1.54) is 25.7 Å². The maximum atomic E-state index is 12.0. The van der Waals surface area contributed by atoms with Gasteiger partial charge in [0.25, 0.3) is 0 Å². The number of fused-ring (bicyclic) bond motifs is 2. The standard InChI is InChI=1S/C17H25N5O2S/c1-9-5-14(18)21-17(19-9)25-8-15(23)22-16(24)20-10(2)13-7-11-3-4-12(13)6-11/h5,10-13H,3-4,6-8H2,1-2H3,(H2,18,19,21)(H2,20,22,23,24)/t10-,11+,12+,13+/m1/s1. The molecule has 0 aliphatic heterocycles. The molecule has 2 bridgehead atoms. The summed E-state index contributed by atoms with van der Waals surface area (Å²) in [4.78, 5) is 32.2. The van der Waals surface area contributed by atoms with Crippen LogP contribution in [0.2, 0.25) is 0 Å². The van der Waals surface area contributed by atoms with Crippen LogP contribution in [0.1, 0.15) is 38.3 Å². The van der Waals surface area contributed by atoms with Crippen LogP contribution in [-0.2, 0) is 4.79 Å². The lowest BCUT2D eigenvalue weighted by Crippen LogP contribution is -2.47. The van der Waals surface area contributed by atoms with E-state index in [2.05, 4.69) is 20.6 Å². The summed E-state index contributed by atoms with van der Waals surface area (Å²) < 4.78 is 0. The predicted molar refractivity (Wildman–Crippen MR) is 97.0 cm³/mol. The van der Waals surface area contributed by atoms with Crippen molar-refractivity contribution in [2.24, 2.45) is 17.8 Å². The molecule has 2 saturated carbocycles. The van der Waals surface area contributed by atoms with E-state index in [0.29, 0.717) is 16.9 Å². The molecule has 4 N–H and O–H groups in total. The van der Waals surface area contributed by atoms with E-state index in [0.717, 1.165) is 29.3 Å². The van der Waals surface area contributed by atoms with E-state index in [1.54, 1.807) is 6.07 Å². The summed E-state index contributed by atoms with van der Waals surface area (Å²) in [6, 6.07) is 1.33. The van der Waals surface area contributed by atoms with Gasteiger partial charge in [-0.3, -0.25) is 10.1 Å². The third-order valence-electron chi connectivity index (χ3n) is 5.23. The molecule has 2 fully saturated rings. The van der Waals surface area contributed by atoms with Crippen LogP contribution in [0.3, 0.4) is 0 Å². The summed E-state index contributed by atoms with van der Waals surface area (Å²) in [5.74, 6) is 2.17. The van der Waals surface area contributed by atoms with Gasteiger partial charge in [-0.15, -0.1) is 0 Å². The molecule has 1 heterocycles. The van der Waals surface area contributed by atoms with Crippen LogP contribution in [0.5, 0.6) is 0 Å². The molecule has 3 amide bonds. The van der Waals surface area contributed by atoms with Gasteiger partial charge in [0.2, 0.25) is 5.91 Å². The van der Waals surface area contributed by atoms with Gasteiger partial charge >= 0.3 is 6.03 Å². The van der Waals surface area contributed by atoms with Crippen LogP contribution in [0.15, 0.2) is 11.2 Å². The SMILES string of the molecule is Cc1cc(N)nc(SCC(=O)NC(=O)N[C@H](C)[C@@H]2C[C@H]3CC[C@H]2C3)n1. The number of nitrogens with two attached hydrogens (primary N) is 1. The van der Waals surface area contributed by atoms with Crippen molar-refractivity contribution < 1.29 is 9.59 Å². The second kappa shape index (κ2) is 7.59. The lowest BCUT2D eigenvalue weighted by atomic mass is 9.84. The summed E-state index contributed by atoms with van der Waals surface area (Å²) >= 11 is 1.16. The third-order valence-corrected chi connectivity index (χ3v) is 6.08. The van der Waals surface area contributed by atoms with Gasteiger partial charge in [0.15, 0.2) is 5.16 Å². The van der Waals surface area contributed by atoms with Crippen molar-refractivity contribution in [3.8, 4) is 0 Å². The molecule has 4 atom stereocenters. The first kappa shape index (κ1) is 18.0. The molecule has 3 rings (SSSR count). The number of rotatable bonds is 5. The van der Waals surface area contributed by atoms with Crippen LogP contribution in [-0.4, -0.2) is 33.7 Å². The average Bonchev–Trinajstić information content (AvgIpc) is 3.15. The zero-order valence-electron chi connectivity index (χ0n) is 14.6. The molecular formula is C17H25N5O2S. The van der Waals surface area contributed by atoms with E-state index in [1.807, 2.05) is 13.8 Å². The summed E-state index contributed by atoms with van der Waals surface area (Å²) in [7, 11) is 0. The molecule has 0 saturated heterocycles.